The molecule has 0 aromatic rings. The Balaban J connectivity index is 2.62. The molecule has 0 aliphatic rings. The van der Waals surface area contributed by atoms with Crippen LogP contribution < -0.4 is 9.44 Å². The molecule has 4 heteroatoms. The van der Waals surface area contributed by atoms with Gasteiger partial charge in [-0.05, 0) is 0 Å². The van der Waals surface area contributed by atoms with Gasteiger partial charge in [0.2, 0.25) is 0 Å². The minimum Gasteiger partial charge on any atom is -0.302 e. The number of hydrogen-bond acceptors (Lipinski definition) is 4. The Morgan fingerprint density at radius 1 is 1.62 bits per heavy atom. The van der Waals surface area contributed by atoms with Crippen LogP contribution in [-0.2, 0) is 4.79 Å². The van der Waals surface area contributed by atoms with Gasteiger partial charge in [0.05, 0.1) is 6.54 Å². The van der Waals surface area contributed by atoms with Gasteiger partial charge in [0, 0.05) is 18.7 Å². The van der Waals surface area contributed by atoms with Crippen molar-refractivity contribution in [3.05, 3.63) is 0 Å². The summed E-state index contributed by atoms with van der Waals surface area (Å²) in [5.41, 5.74) is 0. The molecule has 0 aliphatic carbocycles. The third kappa shape index (κ3) is 5.94. The van der Waals surface area contributed by atoms with E-state index in [0.29, 0.717) is 6.54 Å². The summed E-state index contributed by atoms with van der Waals surface area (Å²) >= 11 is 1.35. The van der Waals surface area contributed by atoms with Crippen LogP contribution in [0, 0.1) is 0 Å². The molecule has 0 heterocycles. The smallest absolute Gasteiger partial charge is 0.134 e. The molecule has 0 aliphatic heterocycles. The van der Waals surface area contributed by atoms with E-state index >= 15 is 0 Å². The molecule has 0 radical (unpaired) electrons. The van der Waals surface area contributed by atoms with Crippen LogP contribution >= 0.6 is 12.1 Å². The second-order valence-electron chi connectivity index (χ2n) is 1.12. The van der Waals surface area contributed by atoms with E-state index in [0.717, 1.165) is 12.8 Å². The molecule has 0 atom stereocenters. The normalized spacial score (nSPS) is 9.12. The van der Waals surface area contributed by atoms with Crippen LogP contribution in [0.5, 0.6) is 0 Å². The minimum absolute atomic E-state index is 0.400. The van der Waals surface area contributed by atoms with Gasteiger partial charge in [-0.25, -0.2) is 4.72 Å². The fourth-order valence-electron chi connectivity index (χ4n) is 0.199. The van der Waals surface area contributed by atoms with E-state index in [1.165, 1.54) is 12.1 Å². The van der Waals surface area contributed by atoms with Crippen molar-refractivity contribution < 1.29 is 4.79 Å². The number of hydrogen-bond donors (Lipinski definition) is 2. The van der Waals surface area contributed by atoms with Gasteiger partial charge in [-0.15, -0.1) is 0 Å². The first-order valence-corrected chi connectivity index (χ1v) is 3.28. The second-order valence-corrected chi connectivity index (χ2v) is 1.90. The lowest BCUT2D eigenvalue weighted by atomic mass is 10.8. The van der Waals surface area contributed by atoms with Crippen LogP contribution in [0.25, 0.3) is 0 Å². The standard InChI is InChI=1S/C4H10N2OS/c1-2-5-8-6-3-4-7/h4-6H,2-3H2,1H3. The zero-order valence-corrected chi connectivity index (χ0v) is 5.62. The highest BCUT2D eigenvalue weighted by Crippen LogP contribution is 1.78. The molecular weight excluding hydrogens is 124 g/mol. The predicted octanol–water partition coefficient (Wildman–Crippen LogP) is -0.0524. The Labute approximate surface area is 53.5 Å². The minimum atomic E-state index is 0.400. The number of nitrogens with one attached hydrogen (secondary N) is 2. The van der Waals surface area contributed by atoms with Gasteiger partial charge in [0.25, 0.3) is 0 Å². The van der Waals surface area contributed by atoms with Crippen LogP contribution in [-0.4, -0.2) is 19.4 Å². The van der Waals surface area contributed by atoms with Crippen molar-refractivity contribution >= 4 is 18.4 Å². The Morgan fingerprint density at radius 3 is 2.88 bits per heavy atom. The van der Waals surface area contributed by atoms with Crippen LogP contribution in [0.3, 0.4) is 0 Å². The van der Waals surface area contributed by atoms with Crippen LogP contribution in [0.2, 0.25) is 0 Å². The van der Waals surface area contributed by atoms with Crippen molar-refractivity contribution in [3.63, 3.8) is 0 Å². The number of rotatable bonds is 5. The molecule has 0 aromatic carbocycles. The molecule has 0 spiro atoms. The largest absolute Gasteiger partial charge is 0.302 e. The van der Waals surface area contributed by atoms with Crippen molar-refractivity contribution in [2.24, 2.45) is 0 Å². The molecule has 0 rings (SSSR count). The Morgan fingerprint density at radius 2 is 2.38 bits per heavy atom. The zero-order valence-electron chi connectivity index (χ0n) is 4.81. The van der Waals surface area contributed by atoms with E-state index in [-0.39, 0.29) is 0 Å². The molecule has 2 N–H and O–H groups in total. The number of carbonyl (C=O) groups is 1. The molecule has 0 bridgehead atoms. The molecule has 3 nitrogen and oxygen atoms in total. The highest BCUT2D eigenvalue weighted by Gasteiger charge is 1.79. The summed E-state index contributed by atoms with van der Waals surface area (Å²) in [6.45, 7) is 3.30. The van der Waals surface area contributed by atoms with E-state index in [1.807, 2.05) is 6.92 Å². The first-order valence-electron chi connectivity index (χ1n) is 2.47. The molecule has 0 saturated heterocycles. The Bertz CT molecular complexity index is 60.0. The first kappa shape index (κ1) is 7.94. The molecule has 0 amide bonds. The summed E-state index contributed by atoms with van der Waals surface area (Å²) in [5.74, 6) is 0. The molecular formula is C4H10N2OS. The van der Waals surface area contributed by atoms with Gasteiger partial charge in [0.15, 0.2) is 0 Å². The fraction of sp³-hybridized carbons (Fsp3) is 0.750. The average Bonchev–Trinajstić information content (AvgIpc) is 1.81. The molecule has 48 valence electrons. The van der Waals surface area contributed by atoms with Crippen LogP contribution in [0.1, 0.15) is 6.92 Å². The predicted molar refractivity (Wildman–Crippen MR) is 35.3 cm³/mol. The summed E-state index contributed by atoms with van der Waals surface area (Å²) in [4.78, 5) is 9.66. The third-order valence-corrected chi connectivity index (χ3v) is 1.20. The van der Waals surface area contributed by atoms with E-state index in [2.05, 4.69) is 9.44 Å². The van der Waals surface area contributed by atoms with Crippen molar-refractivity contribution in [2.75, 3.05) is 13.1 Å². The van der Waals surface area contributed by atoms with E-state index in [9.17, 15) is 4.79 Å². The van der Waals surface area contributed by atoms with Crippen molar-refractivity contribution in [1.82, 2.24) is 9.44 Å². The molecule has 0 unspecified atom stereocenters. The Kier molecular flexibility index (Phi) is 6.89. The van der Waals surface area contributed by atoms with E-state index < -0.39 is 0 Å². The summed E-state index contributed by atoms with van der Waals surface area (Å²) in [7, 11) is 0. The van der Waals surface area contributed by atoms with E-state index in [1.54, 1.807) is 0 Å². The van der Waals surface area contributed by atoms with Crippen molar-refractivity contribution in [1.29, 1.82) is 0 Å². The second kappa shape index (κ2) is 6.94. The zero-order chi connectivity index (χ0) is 6.24. The lowest BCUT2D eigenvalue weighted by Gasteiger charge is -1.96. The number of carbonyl (C=O) groups excluding carboxylic acids is 1. The molecule has 0 saturated carbocycles. The fourth-order valence-corrected chi connectivity index (χ4v) is 0.597. The lowest BCUT2D eigenvalue weighted by Crippen LogP contribution is -2.14. The van der Waals surface area contributed by atoms with Gasteiger partial charge in [0.1, 0.15) is 6.29 Å². The molecule has 0 aromatic heterocycles. The van der Waals surface area contributed by atoms with Crippen molar-refractivity contribution in [2.45, 2.75) is 6.92 Å². The van der Waals surface area contributed by atoms with Gasteiger partial charge in [-0.1, -0.05) is 6.92 Å². The SMILES string of the molecule is CCNSNCC=O. The quantitative estimate of drug-likeness (QED) is 0.314. The van der Waals surface area contributed by atoms with Gasteiger partial charge >= 0.3 is 0 Å². The molecule has 8 heavy (non-hydrogen) atoms. The first-order chi connectivity index (χ1) is 3.91. The van der Waals surface area contributed by atoms with E-state index in [4.69, 9.17) is 0 Å². The highest BCUT2D eigenvalue weighted by molar-refractivity contribution is 7.95. The monoisotopic (exact) mass is 134 g/mol. The maximum absolute atomic E-state index is 9.66. The highest BCUT2D eigenvalue weighted by atomic mass is 32.2. The summed E-state index contributed by atoms with van der Waals surface area (Å²) in [5, 5.41) is 0. The maximum atomic E-state index is 9.66. The van der Waals surface area contributed by atoms with Gasteiger partial charge in [-0.2, -0.15) is 0 Å². The maximum Gasteiger partial charge on any atom is 0.134 e. The summed E-state index contributed by atoms with van der Waals surface area (Å²) < 4.78 is 5.70. The van der Waals surface area contributed by atoms with Gasteiger partial charge < -0.3 is 4.79 Å². The van der Waals surface area contributed by atoms with Crippen molar-refractivity contribution in [3.8, 4) is 0 Å². The summed E-state index contributed by atoms with van der Waals surface area (Å²) in [6.07, 6.45) is 0.824. The third-order valence-electron chi connectivity index (χ3n) is 0.455. The van der Waals surface area contributed by atoms with Gasteiger partial charge in [-0.3, -0.25) is 4.72 Å². The summed E-state index contributed by atoms with van der Waals surface area (Å²) in [6, 6.07) is 0. The topological polar surface area (TPSA) is 41.1 Å². The molecule has 0 fully saturated rings. The number of aldehydes is 1. The van der Waals surface area contributed by atoms with Crippen LogP contribution in [0.15, 0.2) is 0 Å². The Hall–Kier alpha value is -0.0600. The lowest BCUT2D eigenvalue weighted by molar-refractivity contribution is -0.106. The average molecular weight is 134 g/mol. The van der Waals surface area contributed by atoms with Crippen LogP contribution in [0.4, 0.5) is 0 Å².